The highest BCUT2D eigenvalue weighted by Crippen LogP contribution is 2.42. The van der Waals surface area contributed by atoms with E-state index in [1.165, 1.54) is 17.5 Å². The molecule has 0 bridgehead atoms. The molecule has 2 N–H and O–H groups in total. The molecule has 33 heavy (non-hydrogen) atoms. The molecular formula is C27H28N2O4. The van der Waals surface area contributed by atoms with Crippen molar-refractivity contribution in [2.24, 2.45) is 0 Å². The van der Waals surface area contributed by atoms with E-state index in [-0.39, 0.29) is 11.3 Å². The number of carbonyl (C=O) groups is 2. The Morgan fingerprint density at radius 3 is 2.73 bits per heavy atom. The highest BCUT2D eigenvalue weighted by Gasteiger charge is 2.46. The van der Waals surface area contributed by atoms with Crippen LogP contribution in [0.4, 0.5) is 0 Å². The van der Waals surface area contributed by atoms with E-state index in [4.69, 9.17) is 4.74 Å². The van der Waals surface area contributed by atoms with Crippen LogP contribution in [0, 0.1) is 0 Å². The van der Waals surface area contributed by atoms with Gasteiger partial charge in [0.15, 0.2) is 0 Å². The molecule has 1 saturated heterocycles. The first kappa shape index (κ1) is 21.5. The van der Waals surface area contributed by atoms with E-state index in [1.807, 2.05) is 48.7 Å². The number of aryl methyl sites for hydroxylation is 2. The summed E-state index contributed by atoms with van der Waals surface area (Å²) >= 11 is 0. The van der Waals surface area contributed by atoms with Crippen LogP contribution in [0.2, 0.25) is 0 Å². The summed E-state index contributed by atoms with van der Waals surface area (Å²) in [7, 11) is 1.61. The van der Waals surface area contributed by atoms with Crippen LogP contribution in [-0.2, 0) is 27.2 Å². The number of rotatable bonds is 6. The van der Waals surface area contributed by atoms with E-state index in [0.717, 1.165) is 35.7 Å². The molecule has 0 radical (unpaired) electrons. The minimum Gasteiger partial charge on any atom is -0.507 e. The predicted molar refractivity (Wildman–Crippen MR) is 127 cm³/mol. The summed E-state index contributed by atoms with van der Waals surface area (Å²) < 4.78 is 5.17. The van der Waals surface area contributed by atoms with Crippen LogP contribution in [0.3, 0.4) is 0 Å². The highest BCUT2D eigenvalue weighted by molar-refractivity contribution is 6.46. The number of ether oxygens (including phenoxy) is 1. The average molecular weight is 445 g/mol. The predicted octanol–water partition coefficient (Wildman–Crippen LogP) is 4.50. The first-order valence-corrected chi connectivity index (χ1v) is 11.6. The van der Waals surface area contributed by atoms with Gasteiger partial charge in [-0.2, -0.15) is 0 Å². The number of nitrogens with one attached hydrogen (secondary N) is 1. The Hall–Kier alpha value is -3.38. The molecule has 6 nitrogen and oxygen atoms in total. The number of hydrogen-bond acceptors (Lipinski definition) is 4. The van der Waals surface area contributed by atoms with Crippen LogP contribution in [0.1, 0.15) is 47.6 Å². The van der Waals surface area contributed by atoms with Gasteiger partial charge in [0.05, 0.1) is 11.6 Å². The van der Waals surface area contributed by atoms with Gasteiger partial charge < -0.3 is 19.7 Å². The fourth-order valence-corrected chi connectivity index (χ4v) is 5.17. The Kier molecular flexibility index (Phi) is 5.77. The zero-order valence-corrected chi connectivity index (χ0v) is 18.8. The van der Waals surface area contributed by atoms with Crippen molar-refractivity contribution in [1.29, 1.82) is 0 Å². The van der Waals surface area contributed by atoms with Crippen molar-refractivity contribution in [1.82, 2.24) is 9.88 Å². The van der Waals surface area contributed by atoms with Crippen molar-refractivity contribution in [3.8, 4) is 0 Å². The maximum Gasteiger partial charge on any atom is 0.295 e. The number of Topliss-reactive ketones (excluding diaryl/α,β-unsaturated/α-hetero) is 1. The molecule has 2 heterocycles. The number of benzene rings is 2. The quantitative estimate of drug-likeness (QED) is 0.254. The second-order valence-corrected chi connectivity index (χ2v) is 8.82. The van der Waals surface area contributed by atoms with Crippen molar-refractivity contribution >= 4 is 28.4 Å². The molecule has 1 fully saturated rings. The van der Waals surface area contributed by atoms with Crippen LogP contribution in [0.5, 0.6) is 0 Å². The number of likely N-dealkylation sites (tertiary alicyclic amines) is 1. The zero-order chi connectivity index (χ0) is 22.9. The van der Waals surface area contributed by atoms with Gasteiger partial charge in [0.25, 0.3) is 11.7 Å². The lowest BCUT2D eigenvalue weighted by Crippen LogP contribution is -2.31. The van der Waals surface area contributed by atoms with Crippen molar-refractivity contribution in [2.45, 2.75) is 38.1 Å². The summed E-state index contributed by atoms with van der Waals surface area (Å²) in [5, 5.41) is 12.3. The second-order valence-electron chi connectivity index (χ2n) is 8.82. The molecule has 1 aliphatic carbocycles. The number of fused-ring (bicyclic) bond motifs is 2. The number of carbonyl (C=O) groups excluding carboxylic acids is 2. The first-order valence-electron chi connectivity index (χ1n) is 11.6. The molecule has 5 rings (SSSR count). The van der Waals surface area contributed by atoms with Crippen LogP contribution < -0.4 is 0 Å². The van der Waals surface area contributed by atoms with Crippen LogP contribution in [0.25, 0.3) is 16.7 Å². The van der Waals surface area contributed by atoms with Gasteiger partial charge in [-0.05, 0) is 55.4 Å². The summed E-state index contributed by atoms with van der Waals surface area (Å²) in [6.07, 6.45) is 6.73. The number of para-hydroxylation sites is 1. The van der Waals surface area contributed by atoms with Gasteiger partial charge in [0.1, 0.15) is 5.76 Å². The Morgan fingerprint density at radius 1 is 1.12 bits per heavy atom. The summed E-state index contributed by atoms with van der Waals surface area (Å²) in [6, 6.07) is 13.0. The average Bonchev–Trinajstić information content (AvgIpc) is 3.37. The molecule has 0 saturated carbocycles. The normalized spacial score (nSPS) is 19.9. The SMILES string of the molecule is COCCCN1C(=O)C(=O)/C(=C(/O)c2ccc3c(c2)CCCC3)C1c1c[nH]c2ccccc12. The molecule has 1 amide bonds. The van der Waals surface area contributed by atoms with E-state index < -0.39 is 17.7 Å². The minimum atomic E-state index is -0.658. The highest BCUT2D eigenvalue weighted by atomic mass is 16.5. The van der Waals surface area contributed by atoms with Gasteiger partial charge in [-0.3, -0.25) is 9.59 Å². The largest absolute Gasteiger partial charge is 0.507 e. The molecule has 2 aromatic carbocycles. The van der Waals surface area contributed by atoms with Crippen LogP contribution >= 0.6 is 0 Å². The van der Waals surface area contributed by atoms with Crippen LogP contribution in [0.15, 0.2) is 54.2 Å². The molecule has 1 aliphatic heterocycles. The third kappa shape index (κ3) is 3.74. The Bertz CT molecular complexity index is 1260. The third-order valence-corrected chi connectivity index (χ3v) is 6.83. The molecular weight excluding hydrogens is 416 g/mol. The topological polar surface area (TPSA) is 82.6 Å². The number of aliphatic hydroxyl groups is 1. The number of aromatic nitrogens is 1. The van der Waals surface area contributed by atoms with E-state index >= 15 is 0 Å². The standard InChI is InChI=1S/C27H28N2O4/c1-33-14-6-13-29-24(21-16-28-22-10-5-4-9-20(21)22)23(26(31)27(29)32)25(30)19-12-11-17-7-2-3-8-18(17)15-19/h4-5,9-12,15-16,24,28,30H,2-3,6-8,13-14H2,1H3/b25-23+. The summed E-state index contributed by atoms with van der Waals surface area (Å²) in [6.45, 7) is 0.845. The van der Waals surface area contributed by atoms with Crippen molar-refractivity contribution < 1.29 is 19.4 Å². The Balaban J connectivity index is 1.65. The maximum absolute atomic E-state index is 13.2. The lowest BCUT2D eigenvalue weighted by molar-refractivity contribution is -0.140. The number of nitrogens with zero attached hydrogens (tertiary/aromatic N) is 1. The Morgan fingerprint density at radius 2 is 1.91 bits per heavy atom. The summed E-state index contributed by atoms with van der Waals surface area (Å²) in [4.78, 5) is 31.2. The number of ketones is 1. The van der Waals surface area contributed by atoms with Crippen molar-refractivity contribution in [3.05, 3.63) is 76.5 Å². The fraction of sp³-hybridized carbons (Fsp3) is 0.333. The molecule has 1 unspecified atom stereocenters. The zero-order valence-electron chi connectivity index (χ0n) is 18.8. The minimum absolute atomic E-state index is 0.105. The summed E-state index contributed by atoms with van der Waals surface area (Å²) in [5.41, 5.74) is 4.98. The van der Waals surface area contributed by atoms with Crippen molar-refractivity contribution in [3.63, 3.8) is 0 Å². The monoisotopic (exact) mass is 444 g/mol. The van der Waals surface area contributed by atoms with Gasteiger partial charge in [-0.15, -0.1) is 0 Å². The Labute approximate surface area is 192 Å². The lowest BCUT2D eigenvalue weighted by atomic mass is 9.88. The molecule has 170 valence electrons. The van der Waals surface area contributed by atoms with Gasteiger partial charge in [0.2, 0.25) is 0 Å². The molecule has 6 heteroatoms. The molecule has 2 aliphatic rings. The second kappa shape index (κ2) is 8.87. The third-order valence-electron chi connectivity index (χ3n) is 6.83. The fourth-order valence-electron chi connectivity index (χ4n) is 5.17. The molecule has 0 spiro atoms. The first-order chi connectivity index (χ1) is 16.1. The van der Waals surface area contributed by atoms with E-state index in [1.54, 1.807) is 12.0 Å². The van der Waals surface area contributed by atoms with Crippen molar-refractivity contribution in [2.75, 3.05) is 20.3 Å². The number of methoxy groups -OCH3 is 1. The molecule has 3 aromatic rings. The maximum atomic E-state index is 13.2. The van der Waals surface area contributed by atoms with E-state index in [2.05, 4.69) is 4.98 Å². The smallest absolute Gasteiger partial charge is 0.295 e. The number of hydrogen-bond donors (Lipinski definition) is 2. The number of amides is 1. The molecule has 1 atom stereocenters. The lowest BCUT2D eigenvalue weighted by Gasteiger charge is -2.25. The van der Waals surface area contributed by atoms with Gasteiger partial charge in [-0.25, -0.2) is 0 Å². The molecule has 1 aromatic heterocycles. The van der Waals surface area contributed by atoms with Gasteiger partial charge in [0, 0.05) is 48.5 Å². The summed E-state index contributed by atoms with van der Waals surface area (Å²) in [5.74, 6) is -1.33. The van der Waals surface area contributed by atoms with Crippen LogP contribution in [-0.4, -0.2) is 46.9 Å². The van der Waals surface area contributed by atoms with E-state index in [9.17, 15) is 14.7 Å². The van der Waals surface area contributed by atoms with Gasteiger partial charge >= 0.3 is 0 Å². The number of aromatic amines is 1. The number of H-pyrrole nitrogens is 1. The van der Waals surface area contributed by atoms with Gasteiger partial charge in [-0.1, -0.05) is 30.3 Å². The van der Waals surface area contributed by atoms with E-state index in [0.29, 0.717) is 25.1 Å². The number of aliphatic hydroxyl groups excluding tert-OH is 1.